The number of Topliss-reactive ketones (excluding diaryl/α,β-unsaturated/α-hetero) is 1. The summed E-state index contributed by atoms with van der Waals surface area (Å²) >= 11 is 0. The van der Waals surface area contributed by atoms with Crippen LogP contribution in [-0.4, -0.2) is 35.7 Å². The average molecular weight is 448 g/mol. The molecule has 2 heterocycles. The van der Waals surface area contributed by atoms with Gasteiger partial charge in [-0.1, -0.05) is 24.2 Å². The van der Waals surface area contributed by atoms with Gasteiger partial charge in [0, 0.05) is 11.6 Å². The maximum absolute atomic E-state index is 13.1. The van der Waals surface area contributed by atoms with Gasteiger partial charge in [0.2, 0.25) is 0 Å². The largest absolute Gasteiger partial charge is 0.507 e. The average Bonchev–Trinajstić information content (AvgIpc) is 3.38. The van der Waals surface area contributed by atoms with Gasteiger partial charge in [0.25, 0.3) is 5.78 Å². The SMILES string of the molecule is CCCOc1ccc([C@@H]2C(=C(O)c3ccc(OC)cc3)C(=O)C(=O)N2c2cc(C)on2)cc1. The molecule has 4 rings (SSSR count). The number of benzene rings is 2. The highest BCUT2D eigenvalue weighted by Gasteiger charge is 2.48. The van der Waals surface area contributed by atoms with E-state index in [-0.39, 0.29) is 17.2 Å². The Bertz CT molecular complexity index is 1190. The summed E-state index contributed by atoms with van der Waals surface area (Å²) in [6.07, 6.45) is 0.870. The molecule has 0 aliphatic carbocycles. The number of ketones is 1. The first-order valence-electron chi connectivity index (χ1n) is 10.6. The molecular weight excluding hydrogens is 424 g/mol. The van der Waals surface area contributed by atoms with E-state index in [0.29, 0.717) is 35.0 Å². The minimum Gasteiger partial charge on any atom is -0.507 e. The summed E-state index contributed by atoms with van der Waals surface area (Å²) in [7, 11) is 1.54. The van der Waals surface area contributed by atoms with E-state index in [4.69, 9.17) is 14.0 Å². The van der Waals surface area contributed by atoms with Crippen molar-refractivity contribution < 1.29 is 28.7 Å². The van der Waals surface area contributed by atoms with E-state index < -0.39 is 17.7 Å². The highest BCUT2D eigenvalue weighted by atomic mass is 16.5. The van der Waals surface area contributed by atoms with E-state index in [1.54, 1.807) is 61.5 Å². The van der Waals surface area contributed by atoms with Crippen LogP contribution < -0.4 is 14.4 Å². The van der Waals surface area contributed by atoms with Crippen LogP contribution in [0.15, 0.2) is 64.7 Å². The maximum atomic E-state index is 13.1. The van der Waals surface area contributed by atoms with Crippen molar-refractivity contribution in [3.05, 3.63) is 77.1 Å². The van der Waals surface area contributed by atoms with E-state index >= 15 is 0 Å². The number of carbonyl (C=O) groups excluding carboxylic acids is 2. The number of aliphatic hydroxyl groups excluding tert-OH is 1. The van der Waals surface area contributed by atoms with Gasteiger partial charge in [0.15, 0.2) is 5.82 Å². The minimum absolute atomic E-state index is 0.0342. The van der Waals surface area contributed by atoms with Crippen LogP contribution in [0.1, 0.15) is 36.3 Å². The standard InChI is InChI=1S/C25H24N2O6/c1-4-13-32-19-11-5-16(6-12-19)22-21(23(28)17-7-9-18(31-3)10-8-17)24(29)25(30)27(22)20-14-15(2)33-26-20/h5-12,14,22,28H,4,13H2,1-3H3/t22-/m1/s1. The first-order chi connectivity index (χ1) is 15.9. The fourth-order valence-electron chi connectivity index (χ4n) is 3.72. The van der Waals surface area contributed by atoms with Crippen LogP contribution in [0.4, 0.5) is 5.82 Å². The van der Waals surface area contributed by atoms with Crippen molar-refractivity contribution in [3.8, 4) is 11.5 Å². The summed E-state index contributed by atoms with van der Waals surface area (Å²) < 4.78 is 16.0. The lowest BCUT2D eigenvalue weighted by Crippen LogP contribution is -2.29. The predicted octanol–water partition coefficient (Wildman–Crippen LogP) is 4.41. The summed E-state index contributed by atoms with van der Waals surface area (Å²) in [5.74, 6) is 0.0723. The van der Waals surface area contributed by atoms with Gasteiger partial charge in [-0.25, -0.2) is 0 Å². The van der Waals surface area contributed by atoms with Crippen LogP contribution in [0.5, 0.6) is 11.5 Å². The first kappa shape index (κ1) is 22.1. The van der Waals surface area contributed by atoms with Crippen LogP contribution in [0, 0.1) is 6.92 Å². The zero-order valence-corrected chi connectivity index (χ0v) is 18.6. The summed E-state index contributed by atoms with van der Waals surface area (Å²) in [5, 5.41) is 15.1. The molecular formula is C25H24N2O6. The molecule has 0 bridgehead atoms. The number of aryl methyl sites for hydroxylation is 1. The normalized spacial score (nSPS) is 17.4. The quantitative estimate of drug-likeness (QED) is 0.325. The third-order valence-corrected chi connectivity index (χ3v) is 5.34. The molecule has 1 saturated heterocycles. The number of ether oxygens (including phenoxy) is 2. The molecule has 1 fully saturated rings. The lowest BCUT2D eigenvalue weighted by molar-refractivity contribution is -0.132. The number of aromatic nitrogens is 1. The highest BCUT2D eigenvalue weighted by Crippen LogP contribution is 2.42. The Morgan fingerprint density at radius 3 is 2.33 bits per heavy atom. The molecule has 1 amide bonds. The van der Waals surface area contributed by atoms with Gasteiger partial charge in [0.05, 0.1) is 25.3 Å². The monoisotopic (exact) mass is 448 g/mol. The molecule has 1 N–H and O–H groups in total. The molecule has 1 aromatic heterocycles. The molecule has 0 saturated carbocycles. The Hall–Kier alpha value is -4.07. The number of hydrogen-bond donors (Lipinski definition) is 1. The molecule has 8 nitrogen and oxygen atoms in total. The van der Waals surface area contributed by atoms with Crippen LogP contribution in [0.25, 0.3) is 5.76 Å². The van der Waals surface area contributed by atoms with Gasteiger partial charge in [-0.15, -0.1) is 0 Å². The van der Waals surface area contributed by atoms with Crippen LogP contribution >= 0.6 is 0 Å². The number of carbonyl (C=O) groups is 2. The Labute approximate surface area is 191 Å². The molecule has 0 radical (unpaired) electrons. The summed E-state index contributed by atoms with van der Waals surface area (Å²) in [4.78, 5) is 27.4. The number of nitrogens with zero attached hydrogens (tertiary/aromatic N) is 2. The Kier molecular flexibility index (Phi) is 6.17. The van der Waals surface area contributed by atoms with Crippen molar-refractivity contribution in [3.63, 3.8) is 0 Å². The van der Waals surface area contributed by atoms with Crippen LogP contribution in [0.2, 0.25) is 0 Å². The molecule has 1 aliphatic heterocycles. The number of hydrogen-bond acceptors (Lipinski definition) is 7. The maximum Gasteiger partial charge on any atom is 0.301 e. The third kappa shape index (κ3) is 4.19. The molecule has 170 valence electrons. The lowest BCUT2D eigenvalue weighted by atomic mass is 9.95. The Morgan fingerprint density at radius 2 is 1.76 bits per heavy atom. The van der Waals surface area contributed by atoms with Crippen molar-refractivity contribution >= 4 is 23.3 Å². The van der Waals surface area contributed by atoms with E-state index in [1.807, 2.05) is 6.92 Å². The van der Waals surface area contributed by atoms with Crippen molar-refractivity contribution in [1.82, 2.24) is 5.16 Å². The van der Waals surface area contributed by atoms with Crippen molar-refractivity contribution in [2.75, 3.05) is 18.6 Å². The smallest absolute Gasteiger partial charge is 0.301 e. The molecule has 8 heteroatoms. The molecule has 0 unspecified atom stereocenters. The number of methoxy groups -OCH3 is 1. The zero-order chi connectivity index (χ0) is 23.5. The fourth-order valence-corrected chi connectivity index (χ4v) is 3.72. The second-order valence-corrected chi connectivity index (χ2v) is 7.61. The summed E-state index contributed by atoms with van der Waals surface area (Å²) in [5.41, 5.74) is 0.972. The van der Waals surface area contributed by atoms with E-state index in [1.165, 1.54) is 12.0 Å². The molecule has 1 aliphatic rings. The minimum atomic E-state index is -0.892. The number of rotatable bonds is 7. The van der Waals surface area contributed by atoms with Crippen molar-refractivity contribution in [1.29, 1.82) is 0 Å². The first-order valence-corrected chi connectivity index (χ1v) is 10.6. The van der Waals surface area contributed by atoms with E-state index in [9.17, 15) is 14.7 Å². The molecule has 3 aromatic rings. The second kappa shape index (κ2) is 9.20. The molecule has 1 atom stereocenters. The fraction of sp³-hybridized carbons (Fsp3) is 0.240. The van der Waals surface area contributed by atoms with Gasteiger partial charge < -0.3 is 19.1 Å². The molecule has 2 aromatic carbocycles. The molecule has 0 spiro atoms. The van der Waals surface area contributed by atoms with Crippen LogP contribution in [-0.2, 0) is 9.59 Å². The van der Waals surface area contributed by atoms with E-state index in [2.05, 4.69) is 5.16 Å². The van der Waals surface area contributed by atoms with Crippen molar-refractivity contribution in [2.24, 2.45) is 0 Å². The Morgan fingerprint density at radius 1 is 1.09 bits per heavy atom. The molecule has 33 heavy (non-hydrogen) atoms. The van der Waals surface area contributed by atoms with Gasteiger partial charge in [-0.2, -0.15) is 0 Å². The summed E-state index contributed by atoms with van der Waals surface area (Å²) in [6.45, 7) is 4.29. The summed E-state index contributed by atoms with van der Waals surface area (Å²) in [6, 6.07) is 14.3. The van der Waals surface area contributed by atoms with Gasteiger partial charge >= 0.3 is 5.91 Å². The lowest BCUT2D eigenvalue weighted by Gasteiger charge is -2.23. The van der Waals surface area contributed by atoms with E-state index in [0.717, 1.165) is 6.42 Å². The Balaban J connectivity index is 1.84. The number of aliphatic hydroxyl groups is 1. The van der Waals surface area contributed by atoms with Gasteiger partial charge in [-0.05, 0) is 55.3 Å². The second-order valence-electron chi connectivity index (χ2n) is 7.61. The third-order valence-electron chi connectivity index (χ3n) is 5.34. The van der Waals surface area contributed by atoms with Crippen LogP contribution in [0.3, 0.4) is 0 Å². The zero-order valence-electron chi connectivity index (χ0n) is 18.6. The number of amides is 1. The van der Waals surface area contributed by atoms with Gasteiger partial charge in [-0.3, -0.25) is 14.5 Å². The predicted molar refractivity (Wildman–Crippen MR) is 121 cm³/mol. The van der Waals surface area contributed by atoms with Crippen molar-refractivity contribution in [2.45, 2.75) is 26.3 Å². The van der Waals surface area contributed by atoms with Gasteiger partial charge in [0.1, 0.15) is 23.0 Å². The highest BCUT2D eigenvalue weighted by molar-refractivity contribution is 6.51. The number of anilines is 1. The topological polar surface area (TPSA) is 102 Å².